The van der Waals surface area contributed by atoms with Crippen LogP contribution >= 0.6 is 0 Å². The molecule has 1 aromatic heterocycles. The largest absolute Gasteiger partial charge is 0.347 e. The fraction of sp³-hybridized carbons (Fsp3) is 0.150. The molecule has 6 heteroatoms. The minimum absolute atomic E-state index is 0.0889. The molecule has 0 spiro atoms. The van der Waals surface area contributed by atoms with Gasteiger partial charge in [0.15, 0.2) is 0 Å². The standard InChI is InChI=1S/C20H18FN3O2/c1-24(2)19(25)12-22-20(26)16-11-18(13-7-9-14(21)10-8-13)23-17-6-4-3-5-15(16)17/h3-11H,12H2,1-2H3,(H,22,26). The van der Waals surface area contributed by atoms with E-state index in [2.05, 4.69) is 10.3 Å². The Bertz CT molecular complexity index is 968. The summed E-state index contributed by atoms with van der Waals surface area (Å²) in [6.07, 6.45) is 0. The number of rotatable bonds is 4. The van der Waals surface area contributed by atoms with Gasteiger partial charge in [-0.25, -0.2) is 9.37 Å². The molecular formula is C20H18FN3O2. The molecule has 3 aromatic rings. The second-order valence-electron chi connectivity index (χ2n) is 6.05. The number of carbonyl (C=O) groups is 2. The van der Waals surface area contributed by atoms with Crippen LogP contribution in [0.2, 0.25) is 0 Å². The van der Waals surface area contributed by atoms with Crippen LogP contribution in [0.5, 0.6) is 0 Å². The predicted molar refractivity (Wildman–Crippen MR) is 98.2 cm³/mol. The van der Waals surface area contributed by atoms with Crippen molar-refractivity contribution in [3.05, 3.63) is 66.0 Å². The van der Waals surface area contributed by atoms with E-state index in [0.29, 0.717) is 27.7 Å². The maximum Gasteiger partial charge on any atom is 0.252 e. The van der Waals surface area contributed by atoms with E-state index in [9.17, 15) is 14.0 Å². The number of fused-ring (bicyclic) bond motifs is 1. The van der Waals surface area contributed by atoms with Crippen LogP contribution < -0.4 is 5.32 Å². The van der Waals surface area contributed by atoms with Crippen LogP contribution in [0.3, 0.4) is 0 Å². The molecular weight excluding hydrogens is 333 g/mol. The van der Waals surface area contributed by atoms with E-state index in [4.69, 9.17) is 0 Å². The second kappa shape index (κ2) is 7.31. The highest BCUT2D eigenvalue weighted by Crippen LogP contribution is 2.25. The quantitative estimate of drug-likeness (QED) is 0.786. The molecule has 26 heavy (non-hydrogen) atoms. The molecule has 0 aliphatic heterocycles. The number of carbonyl (C=O) groups excluding carboxylic acids is 2. The number of likely N-dealkylation sites (N-methyl/N-ethyl adjacent to an activating group) is 1. The summed E-state index contributed by atoms with van der Waals surface area (Å²) in [5.41, 5.74) is 2.34. The van der Waals surface area contributed by atoms with Gasteiger partial charge in [0.1, 0.15) is 5.82 Å². The van der Waals surface area contributed by atoms with E-state index >= 15 is 0 Å². The molecule has 0 fully saturated rings. The van der Waals surface area contributed by atoms with Crippen molar-refractivity contribution >= 4 is 22.7 Å². The van der Waals surface area contributed by atoms with Crippen molar-refractivity contribution in [2.45, 2.75) is 0 Å². The predicted octanol–water partition coefficient (Wildman–Crippen LogP) is 2.86. The molecule has 0 saturated carbocycles. The summed E-state index contributed by atoms with van der Waals surface area (Å²) in [5, 5.41) is 3.33. The van der Waals surface area contributed by atoms with E-state index in [-0.39, 0.29) is 24.2 Å². The fourth-order valence-electron chi connectivity index (χ4n) is 2.54. The maximum atomic E-state index is 13.2. The first-order valence-electron chi connectivity index (χ1n) is 8.10. The Kier molecular flexibility index (Phi) is 4.93. The molecule has 0 radical (unpaired) electrons. The molecule has 0 bridgehead atoms. The minimum atomic E-state index is -0.359. The first kappa shape index (κ1) is 17.5. The van der Waals surface area contributed by atoms with E-state index in [0.717, 1.165) is 0 Å². The highest BCUT2D eigenvalue weighted by Gasteiger charge is 2.15. The Morgan fingerprint density at radius 1 is 1.08 bits per heavy atom. The highest BCUT2D eigenvalue weighted by molar-refractivity contribution is 6.08. The number of para-hydroxylation sites is 1. The third kappa shape index (κ3) is 3.69. The summed E-state index contributed by atoms with van der Waals surface area (Å²) in [4.78, 5) is 30.4. The maximum absolute atomic E-state index is 13.2. The SMILES string of the molecule is CN(C)C(=O)CNC(=O)c1cc(-c2ccc(F)cc2)nc2ccccc12. The van der Waals surface area contributed by atoms with Crippen molar-refractivity contribution in [1.29, 1.82) is 0 Å². The number of halogens is 1. The number of benzene rings is 2. The summed E-state index contributed by atoms with van der Waals surface area (Å²) < 4.78 is 13.2. The molecule has 0 aliphatic rings. The van der Waals surface area contributed by atoms with Crippen molar-refractivity contribution in [3.8, 4) is 11.3 Å². The van der Waals surface area contributed by atoms with Gasteiger partial charge in [-0.15, -0.1) is 0 Å². The summed E-state index contributed by atoms with van der Waals surface area (Å²) in [6.45, 7) is -0.0889. The number of aromatic nitrogens is 1. The van der Waals surface area contributed by atoms with E-state index in [1.165, 1.54) is 17.0 Å². The molecule has 3 rings (SSSR count). The summed E-state index contributed by atoms with van der Waals surface area (Å²) in [7, 11) is 3.26. The number of nitrogens with one attached hydrogen (secondary N) is 1. The minimum Gasteiger partial charge on any atom is -0.347 e. The Labute approximate surface area is 150 Å². The zero-order chi connectivity index (χ0) is 18.7. The highest BCUT2D eigenvalue weighted by atomic mass is 19.1. The van der Waals surface area contributed by atoms with E-state index in [1.54, 1.807) is 38.4 Å². The van der Waals surface area contributed by atoms with Gasteiger partial charge in [0.25, 0.3) is 5.91 Å². The average Bonchev–Trinajstić information content (AvgIpc) is 2.65. The van der Waals surface area contributed by atoms with E-state index in [1.807, 2.05) is 18.2 Å². The molecule has 0 atom stereocenters. The number of hydrogen-bond acceptors (Lipinski definition) is 3. The van der Waals surface area contributed by atoms with Gasteiger partial charge in [-0.1, -0.05) is 18.2 Å². The third-order valence-electron chi connectivity index (χ3n) is 4.00. The van der Waals surface area contributed by atoms with Gasteiger partial charge in [-0.3, -0.25) is 9.59 Å². The van der Waals surface area contributed by atoms with Crippen molar-refractivity contribution in [3.63, 3.8) is 0 Å². The summed E-state index contributed by atoms with van der Waals surface area (Å²) in [5.74, 6) is -0.896. The van der Waals surface area contributed by atoms with Gasteiger partial charge in [0, 0.05) is 25.0 Å². The van der Waals surface area contributed by atoms with Gasteiger partial charge in [0.2, 0.25) is 5.91 Å². The Balaban J connectivity index is 2.01. The smallest absolute Gasteiger partial charge is 0.252 e. The third-order valence-corrected chi connectivity index (χ3v) is 4.00. The molecule has 2 amide bonds. The lowest BCUT2D eigenvalue weighted by Crippen LogP contribution is -2.36. The van der Waals surface area contributed by atoms with Crippen LogP contribution in [0.15, 0.2) is 54.6 Å². The van der Waals surface area contributed by atoms with Gasteiger partial charge >= 0.3 is 0 Å². The number of nitrogens with zero attached hydrogens (tertiary/aromatic N) is 2. The lowest BCUT2D eigenvalue weighted by Gasteiger charge is -2.13. The van der Waals surface area contributed by atoms with Gasteiger partial charge in [-0.05, 0) is 36.4 Å². The monoisotopic (exact) mass is 351 g/mol. The van der Waals surface area contributed by atoms with Crippen LogP contribution in [0.25, 0.3) is 22.2 Å². The van der Waals surface area contributed by atoms with Crippen LogP contribution in [-0.2, 0) is 4.79 Å². The zero-order valence-electron chi connectivity index (χ0n) is 14.5. The van der Waals surface area contributed by atoms with E-state index < -0.39 is 0 Å². The molecule has 5 nitrogen and oxygen atoms in total. The molecule has 2 aromatic carbocycles. The van der Waals surface area contributed by atoms with Gasteiger partial charge in [0.05, 0.1) is 23.3 Å². The van der Waals surface area contributed by atoms with Crippen LogP contribution in [-0.4, -0.2) is 42.3 Å². The Morgan fingerprint density at radius 3 is 2.46 bits per heavy atom. The Morgan fingerprint density at radius 2 is 1.77 bits per heavy atom. The number of amides is 2. The zero-order valence-corrected chi connectivity index (χ0v) is 14.5. The van der Waals surface area contributed by atoms with Crippen molar-refractivity contribution in [2.75, 3.05) is 20.6 Å². The first-order valence-corrected chi connectivity index (χ1v) is 8.10. The van der Waals surface area contributed by atoms with Crippen LogP contribution in [0.4, 0.5) is 4.39 Å². The summed E-state index contributed by atoms with van der Waals surface area (Å²) in [6, 6.07) is 14.9. The Hall–Kier alpha value is -3.28. The fourth-order valence-corrected chi connectivity index (χ4v) is 2.54. The van der Waals surface area contributed by atoms with Gasteiger partial charge in [-0.2, -0.15) is 0 Å². The molecule has 0 saturated heterocycles. The first-order chi connectivity index (χ1) is 12.5. The van der Waals surface area contributed by atoms with Crippen molar-refractivity contribution in [2.24, 2.45) is 0 Å². The normalized spacial score (nSPS) is 10.6. The van der Waals surface area contributed by atoms with Crippen molar-refractivity contribution in [1.82, 2.24) is 15.2 Å². The molecule has 0 unspecified atom stereocenters. The molecule has 132 valence electrons. The molecule has 1 N–H and O–H groups in total. The molecule has 0 aliphatic carbocycles. The average molecular weight is 351 g/mol. The number of pyridine rings is 1. The lowest BCUT2D eigenvalue weighted by atomic mass is 10.0. The van der Waals surface area contributed by atoms with Crippen LogP contribution in [0, 0.1) is 5.82 Å². The number of hydrogen-bond donors (Lipinski definition) is 1. The van der Waals surface area contributed by atoms with Gasteiger partial charge < -0.3 is 10.2 Å². The topological polar surface area (TPSA) is 62.3 Å². The molecule has 1 heterocycles. The second-order valence-corrected chi connectivity index (χ2v) is 6.05. The van der Waals surface area contributed by atoms with Crippen molar-refractivity contribution < 1.29 is 14.0 Å². The lowest BCUT2D eigenvalue weighted by molar-refractivity contribution is -0.127. The van der Waals surface area contributed by atoms with Crippen LogP contribution in [0.1, 0.15) is 10.4 Å². The summed E-state index contributed by atoms with van der Waals surface area (Å²) >= 11 is 0.